The summed E-state index contributed by atoms with van der Waals surface area (Å²) in [4.78, 5) is 0. The highest BCUT2D eigenvalue weighted by Crippen LogP contribution is 2.27. The van der Waals surface area contributed by atoms with Crippen molar-refractivity contribution in [3.05, 3.63) is 105 Å². The zero-order valence-corrected chi connectivity index (χ0v) is 28.2. The predicted octanol–water partition coefficient (Wildman–Crippen LogP) is 11.8. The third-order valence-corrected chi connectivity index (χ3v) is 7.51. The van der Waals surface area contributed by atoms with Crippen LogP contribution in [0.3, 0.4) is 0 Å². The summed E-state index contributed by atoms with van der Waals surface area (Å²) in [5, 5.41) is 0. The van der Waals surface area contributed by atoms with Crippen molar-refractivity contribution in [1.29, 1.82) is 0 Å². The molecule has 0 spiro atoms. The maximum Gasteiger partial charge on any atom is 0.154 e. The maximum absolute atomic E-state index is 12.6. The van der Waals surface area contributed by atoms with Crippen LogP contribution in [0.1, 0.15) is 94.2 Å². The Labute approximate surface area is 267 Å². The highest BCUT2D eigenvalue weighted by molar-refractivity contribution is 5.24. The number of aryl methyl sites for hydroxylation is 5. The van der Waals surface area contributed by atoms with Crippen LogP contribution in [0.15, 0.2) is 54.6 Å². The molecule has 0 amide bonds. The summed E-state index contributed by atoms with van der Waals surface area (Å²) in [6.45, 7) is 21.4. The molecule has 1 aliphatic carbocycles. The van der Waals surface area contributed by atoms with E-state index < -0.39 is 11.6 Å². The molecule has 0 atom stereocenters. The first-order chi connectivity index (χ1) is 20.2. The average molecular weight is 617 g/mol. The van der Waals surface area contributed by atoms with Gasteiger partial charge in [0.1, 0.15) is 17.5 Å². The molecule has 0 radical (unpaired) electrons. The summed E-state index contributed by atoms with van der Waals surface area (Å²) >= 11 is 0. The van der Waals surface area contributed by atoms with Gasteiger partial charge in [0.25, 0.3) is 0 Å². The Morgan fingerprint density at radius 3 is 1.20 bits per heavy atom. The fraction of sp³-hybridized carbons (Fsp3) is 0.538. The number of ether oxygens (including phenoxy) is 2. The SMILES string of the molecule is C.CC1CCC(C)CC1.CC1COC(C)OC1.Cc1cc(F)c(C)c(F)c1.Cc1ccc(C)c(F)c1.Cc1ccc(C)cc1. The molecule has 2 nitrogen and oxygen atoms in total. The van der Waals surface area contributed by atoms with Crippen LogP contribution in [0.5, 0.6) is 0 Å². The molecule has 3 aromatic rings. The molecular weight excluding hydrogens is 557 g/mol. The van der Waals surface area contributed by atoms with Gasteiger partial charge in [-0.1, -0.05) is 101 Å². The second kappa shape index (κ2) is 22.0. The lowest BCUT2D eigenvalue weighted by atomic mass is 9.84. The van der Waals surface area contributed by atoms with E-state index in [1.165, 1.54) is 61.9 Å². The van der Waals surface area contributed by atoms with Crippen LogP contribution in [0.2, 0.25) is 0 Å². The highest BCUT2D eigenvalue weighted by atomic mass is 19.1. The van der Waals surface area contributed by atoms with Crippen LogP contribution < -0.4 is 0 Å². The lowest BCUT2D eigenvalue weighted by Crippen LogP contribution is -2.27. The molecule has 0 unspecified atom stereocenters. The minimum Gasteiger partial charge on any atom is -0.353 e. The smallest absolute Gasteiger partial charge is 0.154 e. The Morgan fingerprint density at radius 1 is 0.500 bits per heavy atom. The molecule has 3 aromatic carbocycles. The Kier molecular flexibility index (Phi) is 20.7. The quantitative estimate of drug-likeness (QED) is 0.250. The maximum atomic E-state index is 12.6. The molecule has 2 fully saturated rings. The van der Waals surface area contributed by atoms with Crippen molar-refractivity contribution in [2.45, 2.75) is 109 Å². The van der Waals surface area contributed by atoms with Crippen molar-refractivity contribution in [1.82, 2.24) is 0 Å². The van der Waals surface area contributed by atoms with Gasteiger partial charge in [0.05, 0.1) is 13.2 Å². The molecule has 1 saturated carbocycles. The molecule has 0 bridgehead atoms. The zero-order chi connectivity index (χ0) is 32.5. The van der Waals surface area contributed by atoms with E-state index in [9.17, 15) is 13.2 Å². The lowest BCUT2D eigenvalue weighted by Gasteiger charge is -2.24. The van der Waals surface area contributed by atoms with Gasteiger partial charge in [-0.3, -0.25) is 0 Å². The van der Waals surface area contributed by atoms with Crippen molar-refractivity contribution >= 4 is 0 Å². The number of halogens is 3. The Hall–Kier alpha value is -2.63. The Bertz CT molecular complexity index is 1090. The lowest BCUT2D eigenvalue weighted by molar-refractivity contribution is -0.187. The van der Waals surface area contributed by atoms with Gasteiger partial charge >= 0.3 is 0 Å². The summed E-state index contributed by atoms with van der Waals surface area (Å²) in [6.07, 6.45) is 5.91. The second-order valence-corrected chi connectivity index (χ2v) is 12.5. The fourth-order valence-electron chi connectivity index (χ4n) is 4.23. The fourth-order valence-corrected chi connectivity index (χ4v) is 4.23. The van der Waals surface area contributed by atoms with Crippen LogP contribution in [0.25, 0.3) is 0 Å². The number of hydrogen-bond acceptors (Lipinski definition) is 2. The first-order valence-electron chi connectivity index (χ1n) is 15.6. The molecule has 1 heterocycles. The molecule has 1 saturated heterocycles. The molecule has 0 aromatic heterocycles. The number of hydrogen-bond donors (Lipinski definition) is 0. The van der Waals surface area contributed by atoms with Gasteiger partial charge in [0, 0.05) is 11.5 Å². The summed E-state index contributed by atoms with van der Waals surface area (Å²) in [7, 11) is 0. The number of rotatable bonds is 0. The van der Waals surface area contributed by atoms with Gasteiger partial charge in [-0.2, -0.15) is 0 Å². The van der Waals surface area contributed by atoms with Gasteiger partial charge in [-0.15, -0.1) is 0 Å². The molecular formula is C39H59F3O2. The van der Waals surface area contributed by atoms with E-state index >= 15 is 0 Å². The topological polar surface area (TPSA) is 18.5 Å². The zero-order valence-electron chi connectivity index (χ0n) is 28.2. The van der Waals surface area contributed by atoms with Crippen molar-refractivity contribution < 1.29 is 22.6 Å². The first kappa shape index (κ1) is 41.4. The van der Waals surface area contributed by atoms with Gasteiger partial charge in [0.2, 0.25) is 0 Å². The van der Waals surface area contributed by atoms with Gasteiger partial charge in [-0.05, 0) is 95.2 Å². The molecule has 248 valence electrons. The Balaban J connectivity index is 0.000000524. The summed E-state index contributed by atoms with van der Waals surface area (Å²) < 4.78 is 48.1. The summed E-state index contributed by atoms with van der Waals surface area (Å²) in [5.74, 6) is 1.55. The van der Waals surface area contributed by atoms with E-state index in [2.05, 4.69) is 58.9 Å². The van der Waals surface area contributed by atoms with Gasteiger partial charge in [-0.25, -0.2) is 13.2 Å². The van der Waals surface area contributed by atoms with Crippen molar-refractivity contribution in [2.75, 3.05) is 13.2 Å². The van der Waals surface area contributed by atoms with E-state index in [0.717, 1.165) is 30.6 Å². The van der Waals surface area contributed by atoms with E-state index in [0.29, 0.717) is 17.0 Å². The minimum atomic E-state index is -0.475. The highest BCUT2D eigenvalue weighted by Gasteiger charge is 2.14. The largest absolute Gasteiger partial charge is 0.353 e. The predicted molar refractivity (Wildman–Crippen MR) is 182 cm³/mol. The summed E-state index contributed by atoms with van der Waals surface area (Å²) in [5.41, 5.74) is 5.04. The second-order valence-electron chi connectivity index (χ2n) is 12.5. The number of benzene rings is 3. The third-order valence-electron chi connectivity index (χ3n) is 7.51. The molecule has 0 N–H and O–H groups in total. The molecule has 2 aliphatic rings. The van der Waals surface area contributed by atoms with Gasteiger partial charge in [0.15, 0.2) is 6.29 Å². The monoisotopic (exact) mass is 616 g/mol. The van der Waals surface area contributed by atoms with Crippen LogP contribution >= 0.6 is 0 Å². The van der Waals surface area contributed by atoms with Gasteiger partial charge < -0.3 is 9.47 Å². The van der Waals surface area contributed by atoms with Crippen molar-refractivity contribution in [3.63, 3.8) is 0 Å². The van der Waals surface area contributed by atoms with Crippen molar-refractivity contribution in [3.8, 4) is 0 Å². The molecule has 5 heteroatoms. The van der Waals surface area contributed by atoms with E-state index in [4.69, 9.17) is 9.47 Å². The van der Waals surface area contributed by atoms with E-state index in [-0.39, 0.29) is 25.1 Å². The first-order valence-corrected chi connectivity index (χ1v) is 15.6. The third kappa shape index (κ3) is 18.2. The van der Waals surface area contributed by atoms with E-state index in [1.807, 2.05) is 19.9 Å². The summed E-state index contributed by atoms with van der Waals surface area (Å²) in [6, 6.07) is 16.3. The molecule has 5 rings (SSSR count). The average Bonchev–Trinajstić information content (AvgIpc) is 2.96. The van der Waals surface area contributed by atoms with Crippen LogP contribution in [0, 0.1) is 76.7 Å². The van der Waals surface area contributed by atoms with Crippen LogP contribution in [-0.4, -0.2) is 19.5 Å². The standard InChI is InChI=1S/C8H8F2.C8H9F.C8H16.C8H10.C6H12O2.CH4/c1-5-3-7(9)6(2)8(10)4-5;1-6-3-4-7(2)8(9)5-6;2*1-7-3-5-8(2)6-4-7;1-5-3-7-6(2)8-4-5;/h3-4H,1-2H3;3-5H,1-2H3;7-8H,3-6H2,1-2H3;3-6H,1-2H3;5-6H,3-4H2,1-2H3;1H4. The van der Waals surface area contributed by atoms with Crippen LogP contribution in [0.4, 0.5) is 13.2 Å². The van der Waals surface area contributed by atoms with Crippen LogP contribution in [-0.2, 0) is 9.47 Å². The van der Waals surface area contributed by atoms with Crippen molar-refractivity contribution in [2.24, 2.45) is 17.8 Å². The van der Waals surface area contributed by atoms with E-state index in [1.54, 1.807) is 19.9 Å². The molecule has 44 heavy (non-hydrogen) atoms. The Morgan fingerprint density at radius 2 is 0.864 bits per heavy atom. The minimum absolute atomic E-state index is 0. The molecule has 1 aliphatic heterocycles. The normalized spacial score (nSPS) is 20.4.